The second-order valence-electron chi connectivity index (χ2n) is 11.0. The lowest BCUT2D eigenvalue weighted by Gasteiger charge is -2.31. The van der Waals surface area contributed by atoms with Gasteiger partial charge in [-0.15, -0.1) is 4.70 Å². The van der Waals surface area contributed by atoms with Gasteiger partial charge in [0.15, 0.2) is 11.4 Å². The van der Waals surface area contributed by atoms with Crippen LogP contribution in [0.15, 0.2) is 157 Å². The Balaban J connectivity index is 1.78. The van der Waals surface area contributed by atoms with Crippen molar-refractivity contribution in [2.45, 2.75) is 5.54 Å². The Morgan fingerprint density at radius 2 is 0.875 bits per heavy atom. The molecule has 0 N–H and O–H groups in total. The Morgan fingerprint density at radius 1 is 0.500 bits per heavy atom. The summed E-state index contributed by atoms with van der Waals surface area (Å²) < 4.78 is 1.85. The molecule has 0 spiro atoms. The van der Waals surface area contributed by atoms with Crippen molar-refractivity contribution >= 4 is 86.6 Å². The van der Waals surface area contributed by atoms with Crippen LogP contribution in [-0.4, -0.2) is 4.70 Å². The summed E-state index contributed by atoms with van der Waals surface area (Å²) in [6.45, 7) is 0. The molecule has 236 valence electrons. The average molecular weight is 747 g/mol. The number of hydrogen-bond acceptors (Lipinski definition) is 2. The van der Waals surface area contributed by atoms with Crippen LogP contribution in [0.2, 0.25) is 30.1 Å². The van der Waals surface area contributed by atoms with Gasteiger partial charge in [0.2, 0.25) is 11.2 Å². The minimum Gasteiger partial charge on any atom is -0.107 e. The standard InChI is InChI=1S/C39H24Cl6N3/c40-29-21-31(42)36(32(43)22-29)47-38(35(25-13-5-1-6-14-25)26-15-7-2-8-16-26)39(27-17-9-3-10-18-27,28-19-11-4-12-20-28)48(46-47)37-33(44)23-30(41)24-34(37)45/h1-24H/q+1. The van der Waals surface area contributed by atoms with Crippen LogP contribution in [0.25, 0.3) is 5.57 Å². The van der Waals surface area contributed by atoms with Gasteiger partial charge < -0.3 is 0 Å². The minimum atomic E-state index is -1.21. The maximum absolute atomic E-state index is 7.08. The quantitative estimate of drug-likeness (QED) is 0.155. The van der Waals surface area contributed by atoms with Crippen LogP contribution >= 0.6 is 69.6 Å². The molecule has 6 aromatic rings. The lowest BCUT2D eigenvalue weighted by atomic mass is 9.75. The highest BCUT2D eigenvalue weighted by atomic mass is 35.5. The summed E-state index contributed by atoms with van der Waals surface area (Å²) in [5.74, 6) is 0. The molecule has 0 amide bonds. The molecule has 1 heterocycles. The highest BCUT2D eigenvalue weighted by molar-refractivity contribution is 6.42. The van der Waals surface area contributed by atoms with Crippen molar-refractivity contribution in [1.29, 1.82) is 0 Å². The zero-order valence-electron chi connectivity index (χ0n) is 25.0. The summed E-state index contributed by atoms with van der Waals surface area (Å²) in [4.78, 5) is 0. The van der Waals surface area contributed by atoms with E-state index in [0.717, 1.165) is 33.5 Å². The Morgan fingerprint density at radius 3 is 1.29 bits per heavy atom. The molecule has 0 atom stereocenters. The van der Waals surface area contributed by atoms with Crippen LogP contribution in [-0.2, 0) is 5.54 Å². The lowest BCUT2D eigenvalue weighted by Crippen LogP contribution is -2.39. The smallest absolute Gasteiger partial charge is 0.107 e. The number of rotatable bonds is 6. The molecule has 0 fully saturated rings. The zero-order valence-corrected chi connectivity index (χ0v) is 29.5. The summed E-state index contributed by atoms with van der Waals surface area (Å²) in [5.41, 5.74) is 4.90. The fourth-order valence-electron chi connectivity index (χ4n) is 6.28. The van der Waals surface area contributed by atoms with E-state index >= 15 is 0 Å². The van der Waals surface area contributed by atoms with Gasteiger partial charge in [-0.25, -0.2) is 0 Å². The van der Waals surface area contributed by atoms with Gasteiger partial charge in [0.1, 0.15) is 0 Å². The van der Waals surface area contributed by atoms with Gasteiger partial charge in [-0.05, 0) is 35.4 Å². The first kappa shape index (κ1) is 32.7. The molecule has 0 radical (unpaired) electrons. The molecule has 0 saturated heterocycles. The number of nitrogens with zero attached hydrogens (tertiary/aromatic N) is 3. The number of benzene rings is 6. The van der Waals surface area contributed by atoms with Crippen molar-refractivity contribution in [3.8, 4) is 0 Å². The van der Waals surface area contributed by atoms with Crippen molar-refractivity contribution in [2.75, 3.05) is 5.01 Å². The third kappa shape index (κ3) is 5.69. The van der Waals surface area contributed by atoms with E-state index in [2.05, 4.69) is 48.5 Å². The molecule has 1 aliphatic rings. The molecule has 0 aliphatic carbocycles. The second-order valence-corrected chi connectivity index (χ2v) is 13.5. The number of anilines is 1. The molecule has 6 aromatic carbocycles. The Bertz CT molecular complexity index is 2060. The third-order valence-corrected chi connectivity index (χ3v) is 9.77. The third-order valence-electron chi connectivity index (χ3n) is 8.18. The van der Waals surface area contributed by atoms with E-state index in [1.807, 2.05) is 77.5 Å². The number of hydrogen-bond donors (Lipinski definition) is 0. The number of halogens is 6. The average Bonchev–Trinajstić information content (AvgIpc) is 3.41. The molecular formula is C39H24Cl6N3+. The van der Waals surface area contributed by atoms with Crippen molar-refractivity contribution in [2.24, 2.45) is 5.22 Å². The van der Waals surface area contributed by atoms with Crippen molar-refractivity contribution in [3.05, 3.63) is 204 Å². The molecule has 0 aromatic heterocycles. The molecule has 0 bridgehead atoms. The first-order valence-corrected chi connectivity index (χ1v) is 17.1. The van der Waals surface area contributed by atoms with Crippen molar-refractivity contribution < 1.29 is 4.70 Å². The maximum Gasteiger partial charge on any atom is 0.247 e. The molecule has 0 saturated carbocycles. The first-order chi connectivity index (χ1) is 23.3. The van der Waals surface area contributed by atoms with Crippen LogP contribution in [0.5, 0.6) is 0 Å². The second kappa shape index (κ2) is 13.6. The summed E-state index contributed by atoms with van der Waals surface area (Å²) >= 11 is 41.2. The predicted molar refractivity (Wildman–Crippen MR) is 200 cm³/mol. The monoisotopic (exact) mass is 744 g/mol. The van der Waals surface area contributed by atoms with Crippen LogP contribution < -0.4 is 5.01 Å². The van der Waals surface area contributed by atoms with Crippen LogP contribution in [0.1, 0.15) is 22.3 Å². The maximum atomic E-state index is 7.08. The Hall–Kier alpha value is -3.80. The van der Waals surface area contributed by atoms with Gasteiger partial charge >= 0.3 is 0 Å². The van der Waals surface area contributed by atoms with Crippen molar-refractivity contribution in [3.63, 3.8) is 0 Å². The van der Waals surface area contributed by atoms with E-state index in [4.69, 9.17) is 74.8 Å². The molecule has 48 heavy (non-hydrogen) atoms. The van der Waals surface area contributed by atoms with Gasteiger partial charge in [0, 0.05) is 26.7 Å². The first-order valence-electron chi connectivity index (χ1n) is 14.9. The predicted octanol–water partition coefficient (Wildman–Crippen LogP) is 13.5. The van der Waals surface area contributed by atoms with Crippen molar-refractivity contribution in [1.82, 2.24) is 0 Å². The fraction of sp³-hybridized carbons (Fsp3) is 0.0256. The normalized spacial score (nSPS) is 13.8. The van der Waals surface area contributed by atoms with E-state index in [1.165, 1.54) is 0 Å². The summed E-state index contributed by atoms with van der Waals surface area (Å²) in [7, 11) is 0. The topological polar surface area (TPSA) is 18.6 Å². The summed E-state index contributed by atoms with van der Waals surface area (Å²) in [6, 6.07) is 47.1. The highest BCUT2D eigenvalue weighted by Crippen LogP contribution is 2.57. The van der Waals surface area contributed by atoms with Gasteiger partial charge in [0.25, 0.3) is 0 Å². The Kier molecular flexibility index (Phi) is 9.28. The molecular weight excluding hydrogens is 723 g/mol. The highest BCUT2D eigenvalue weighted by Gasteiger charge is 2.61. The van der Waals surface area contributed by atoms with Gasteiger partial charge in [-0.2, -0.15) is 0 Å². The van der Waals surface area contributed by atoms with E-state index in [0.29, 0.717) is 41.5 Å². The van der Waals surface area contributed by atoms with E-state index < -0.39 is 5.54 Å². The SMILES string of the molecule is Clc1cc(Cl)c(N2N=[N+](c3c(Cl)cc(Cl)cc3Cl)C(c3ccccc3)(c3ccccc3)C2=C(c2ccccc2)c2ccccc2)c(Cl)c1. The van der Waals surface area contributed by atoms with E-state index in [1.54, 1.807) is 29.3 Å². The van der Waals surface area contributed by atoms with Gasteiger partial charge in [-0.3, -0.25) is 0 Å². The van der Waals surface area contributed by atoms with E-state index in [-0.39, 0.29) is 0 Å². The van der Waals surface area contributed by atoms with Crippen LogP contribution in [0.4, 0.5) is 11.4 Å². The minimum absolute atomic E-state index is 0.305. The van der Waals surface area contributed by atoms with Gasteiger partial charge in [0.05, 0.1) is 25.3 Å². The van der Waals surface area contributed by atoms with Gasteiger partial charge in [-0.1, -0.05) is 196 Å². The lowest BCUT2D eigenvalue weighted by molar-refractivity contribution is -0.570. The van der Waals surface area contributed by atoms with Crippen LogP contribution in [0.3, 0.4) is 0 Å². The Labute approximate surface area is 308 Å². The molecule has 0 unspecified atom stereocenters. The molecule has 3 nitrogen and oxygen atoms in total. The summed E-state index contributed by atoms with van der Waals surface area (Å²) in [5, 5.41) is 9.18. The molecule has 7 rings (SSSR count). The van der Waals surface area contributed by atoms with Crippen LogP contribution in [0, 0.1) is 0 Å². The fourth-order valence-corrected chi connectivity index (χ4v) is 8.23. The summed E-state index contributed by atoms with van der Waals surface area (Å²) in [6.07, 6.45) is 0. The molecule has 1 aliphatic heterocycles. The zero-order chi connectivity index (χ0) is 33.4. The van der Waals surface area contributed by atoms with E-state index in [9.17, 15) is 0 Å². The largest absolute Gasteiger partial charge is 0.247 e. The molecule has 9 heteroatoms.